The average Bonchev–Trinajstić information content (AvgIpc) is 3.57. The summed E-state index contributed by atoms with van der Waals surface area (Å²) in [7, 11) is -3.47. The molecule has 2 aliphatic heterocycles. The number of imidazole rings is 1. The zero-order chi connectivity index (χ0) is 22.1. The molecule has 4 heterocycles. The predicted molar refractivity (Wildman–Crippen MR) is 129 cm³/mol. The van der Waals surface area contributed by atoms with Crippen LogP contribution in [0.2, 0.25) is 0 Å². The second kappa shape index (κ2) is 9.28. The highest BCUT2D eigenvalue weighted by molar-refractivity contribution is 8.00. The standard InChI is InChI=1S/C21H28N6O2S3/c1-2-27-18-9-8-16(32(28,29)26-12-4-3-5-13-26)14-17(18)22-19(27)15-30-21-24-23-20(31-21)25-10-6-7-11-25/h8-9,14H,2-7,10-13,15H2,1H3. The third-order valence-corrected chi connectivity index (χ3v) is 10.2. The molecule has 0 radical (unpaired) electrons. The molecule has 0 N–H and O–H groups in total. The monoisotopic (exact) mass is 492 g/mol. The first kappa shape index (κ1) is 22.1. The summed E-state index contributed by atoms with van der Waals surface area (Å²) in [5, 5.41) is 9.71. The molecular formula is C21H28N6O2S3. The second-order valence-corrected chi connectivity index (χ2v) is 12.3. The van der Waals surface area contributed by atoms with Gasteiger partial charge in [-0.1, -0.05) is 29.5 Å². The van der Waals surface area contributed by atoms with Crippen molar-refractivity contribution in [1.29, 1.82) is 0 Å². The molecule has 0 bridgehead atoms. The van der Waals surface area contributed by atoms with Gasteiger partial charge < -0.3 is 9.47 Å². The number of aryl methyl sites for hydroxylation is 1. The molecule has 2 aromatic heterocycles. The third-order valence-electron chi connectivity index (χ3n) is 6.16. The quantitative estimate of drug-likeness (QED) is 0.461. The maximum absolute atomic E-state index is 13.1. The maximum atomic E-state index is 13.1. The molecule has 2 aliphatic rings. The van der Waals surface area contributed by atoms with Crippen molar-refractivity contribution < 1.29 is 8.42 Å². The zero-order valence-corrected chi connectivity index (χ0v) is 20.7. The van der Waals surface area contributed by atoms with E-state index in [-0.39, 0.29) is 0 Å². The highest BCUT2D eigenvalue weighted by atomic mass is 32.2. The minimum atomic E-state index is -3.47. The minimum absolute atomic E-state index is 0.339. The summed E-state index contributed by atoms with van der Waals surface area (Å²) in [4.78, 5) is 7.45. The summed E-state index contributed by atoms with van der Waals surface area (Å²) in [5.41, 5.74) is 1.70. The molecule has 32 heavy (non-hydrogen) atoms. The van der Waals surface area contributed by atoms with Gasteiger partial charge in [-0.15, -0.1) is 10.2 Å². The van der Waals surface area contributed by atoms with E-state index in [1.54, 1.807) is 39.5 Å². The Kier molecular flexibility index (Phi) is 6.42. The Hall–Kier alpha value is -1.69. The molecule has 2 fully saturated rings. The summed E-state index contributed by atoms with van der Waals surface area (Å²) >= 11 is 3.27. The van der Waals surface area contributed by atoms with E-state index in [1.165, 1.54) is 12.8 Å². The van der Waals surface area contributed by atoms with Gasteiger partial charge in [-0.3, -0.25) is 0 Å². The third kappa shape index (κ3) is 4.27. The normalized spacial score (nSPS) is 18.1. The van der Waals surface area contributed by atoms with Crippen molar-refractivity contribution in [2.24, 2.45) is 0 Å². The first-order chi connectivity index (χ1) is 15.6. The average molecular weight is 493 g/mol. The van der Waals surface area contributed by atoms with Gasteiger partial charge in [0, 0.05) is 32.7 Å². The van der Waals surface area contributed by atoms with Crippen LogP contribution in [0.5, 0.6) is 0 Å². The summed E-state index contributed by atoms with van der Waals surface area (Å²) in [6, 6.07) is 5.35. The van der Waals surface area contributed by atoms with Crippen molar-refractivity contribution in [2.75, 3.05) is 31.1 Å². The Morgan fingerprint density at radius 1 is 1.03 bits per heavy atom. The van der Waals surface area contributed by atoms with Crippen molar-refractivity contribution in [1.82, 2.24) is 24.1 Å². The predicted octanol–water partition coefficient (Wildman–Crippen LogP) is 3.97. The molecule has 1 aromatic carbocycles. The lowest BCUT2D eigenvalue weighted by Crippen LogP contribution is -2.35. The van der Waals surface area contributed by atoms with Crippen molar-refractivity contribution in [2.45, 2.75) is 60.6 Å². The number of aromatic nitrogens is 4. The van der Waals surface area contributed by atoms with Gasteiger partial charge in [0.05, 0.1) is 21.7 Å². The lowest BCUT2D eigenvalue weighted by Gasteiger charge is -2.25. The Labute approximate surface area is 197 Å². The number of rotatable bonds is 7. The molecule has 0 atom stereocenters. The van der Waals surface area contributed by atoms with E-state index in [1.807, 2.05) is 6.07 Å². The number of fused-ring (bicyclic) bond motifs is 1. The number of hydrogen-bond acceptors (Lipinski definition) is 8. The fourth-order valence-electron chi connectivity index (χ4n) is 4.46. The minimum Gasteiger partial charge on any atom is -0.347 e. The van der Waals surface area contributed by atoms with E-state index in [0.717, 1.165) is 65.2 Å². The lowest BCUT2D eigenvalue weighted by molar-refractivity contribution is 0.346. The number of thioether (sulfide) groups is 1. The van der Waals surface area contributed by atoms with Crippen molar-refractivity contribution >= 4 is 49.3 Å². The van der Waals surface area contributed by atoms with Crippen molar-refractivity contribution in [3.8, 4) is 0 Å². The Morgan fingerprint density at radius 2 is 1.78 bits per heavy atom. The summed E-state index contributed by atoms with van der Waals surface area (Å²) in [6.07, 6.45) is 5.40. The number of hydrogen-bond donors (Lipinski definition) is 0. The molecule has 0 saturated carbocycles. The number of anilines is 1. The molecule has 5 rings (SSSR count). The van der Waals surface area contributed by atoms with Crippen LogP contribution < -0.4 is 4.90 Å². The van der Waals surface area contributed by atoms with Gasteiger partial charge in [-0.25, -0.2) is 13.4 Å². The van der Waals surface area contributed by atoms with Crippen LogP contribution in [-0.4, -0.2) is 58.7 Å². The van der Waals surface area contributed by atoms with E-state index in [0.29, 0.717) is 23.7 Å². The van der Waals surface area contributed by atoms with Crippen LogP contribution in [0.4, 0.5) is 5.13 Å². The van der Waals surface area contributed by atoms with Crippen LogP contribution in [0, 0.1) is 0 Å². The van der Waals surface area contributed by atoms with E-state index < -0.39 is 10.0 Å². The molecule has 0 spiro atoms. The summed E-state index contributed by atoms with van der Waals surface area (Å²) in [5.74, 6) is 1.60. The first-order valence-corrected chi connectivity index (χ1v) is 14.5. The van der Waals surface area contributed by atoms with Crippen LogP contribution >= 0.6 is 23.1 Å². The van der Waals surface area contributed by atoms with Crippen LogP contribution in [0.3, 0.4) is 0 Å². The summed E-state index contributed by atoms with van der Waals surface area (Å²) in [6.45, 7) is 6.20. The number of benzene rings is 1. The smallest absolute Gasteiger partial charge is 0.243 e. The van der Waals surface area contributed by atoms with Crippen LogP contribution in [-0.2, 0) is 22.3 Å². The molecule has 0 unspecified atom stereocenters. The van der Waals surface area contributed by atoms with E-state index in [2.05, 4.69) is 26.6 Å². The number of nitrogens with zero attached hydrogens (tertiary/aromatic N) is 6. The fourth-order valence-corrected chi connectivity index (χ4v) is 7.84. The molecule has 11 heteroatoms. The fraction of sp³-hybridized carbons (Fsp3) is 0.571. The molecule has 0 amide bonds. The number of piperidine rings is 1. The molecule has 172 valence electrons. The first-order valence-electron chi connectivity index (χ1n) is 11.3. The Bertz CT molecular complexity index is 1190. The Morgan fingerprint density at radius 3 is 2.53 bits per heavy atom. The van der Waals surface area contributed by atoms with Gasteiger partial charge in [-0.2, -0.15) is 4.31 Å². The molecule has 3 aromatic rings. The highest BCUT2D eigenvalue weighted by Crippen LogP contribution is 2.32. The van der Waals surface area contributed by atoms with Gasteiger partial charge >= 0.3 is 0 Å². The van der Waals surface area contributed by atoms with Gasteiger partial charge in [0.2, 0.25) is 15.2 Å². The van der Waals surface area contributed by atoms with E-state index in [4.69, 9.17) is 4.98 Å². The van der Waals surface area contributed by atoms with Crippen LogP contribution in [0.15, 0.2) is 27.4 Å². The molecular weight excluding hydrogens is 464 g/mol. The molecule has 0 aliphatic carbocycles. The van der Waals surface area contributed by atoms with Gasteiger partial charge in [0.25, 0.3) is 0 Å². The second-order valence-electron chi connectivity index (χ2n) is 8.22. The van der Waals surface area contributed by atoms with Crippen LogP contribution in [0.1, 0.15) is 44.9 Å². The number of sulfonamides is 1. The van der Waals surface area contributed by atoms with E-state index in [9.17, 15) is 8.42 Å². The largest absolute Gasteiger partial charge is 0.347 e. The Balaban J connectivity index is 1.36. The molecule has 2 saturated heterocycles. The summed E-state index contributed by atoms with van der Waals surface area (Å²) < 4.78 is 30.9. The van der Waals surface area contributed by atoms with Gasteiger partial charge in [0.1, 0.15) is 5.82 Å². The SMILES string of the molecule is CCn1c(CSc2nnc(N3CCCC3)s2)nc2cc(S(=O)(=O)N3CCCCC3)ccc21. The van der Waals surface area contributed by atoms with Crippen molar-refractivity contribution in [3.63, 3.8) is 0 Å². The maximum Gasteiger partial charge on any atom is 0.243 e. The highest BCUT2D eigenvalue weighted by Gasteiger charge is 2.27. The lowest BCUT2D eigenvalue weighted by atomic mass is 10.2. The van der Waals surface area contributed by atoms with Gasteiger partial charge in [0.15, 0.2) is 4.34 Å². The van der Waals surface area contributed by atoms with Crippen LogP contribution in [0.25, 0.3) is 11.0 Å². The van der Waals surface area contributed by atoms with E-state index >= 15 is 0 Å². The topological polar surface area (TPSA) is 84.2 Å². The zero-order valence-electron chi connectivity index (χ0n) is 18.2. The van der Waals surface area contributed by atoms with Crippen molar-refractivity contribution in [3.05, 3.63) is 24.0 Å². The molecule has 8 nitrogen and oxygen atoms in total. The van der Waals surface area contributed by atoms with Gasteiger partial charge in [-0.05, 0) is 50.8 Å².